The fourth-order valence-corrected chi connectivity index (χ4v) is 1.42. The average molecular weight is 200 g/mol. The van der Waals surface area contributed by atoms with E-state index in [4.69, 9.17) is 10.00 Å². The Labute approximate surface area is 85.7 Å². The normalized spacial score (nSPS) is 9.87. The first kappa shape index (κ1) is 9.28. The Kier molecular flexibility index (Phi) is 2.14. The van der Waals surface area contributed by atoms with Gasteiger partial charge in [0, 0.05) is 17.5 Å². The number of fused-ring (bicyclic) bond motifs is 1. The zero-order valence-electron chi connectivity index (χ0n) is 8.07. The van der Waals surface area contributed by atoms with Crippen LogP contribution < -0.4 is 10.2 Å². The lowest BCUT2D eigenvalue weighted by Crippen LogP contribution is -2.03. The Bertz CT molecular complexity index is 608. The summed E-state index contributed by atoms with van der Waals surface area (Å²) in [5.41, 5.74) is 0.696. The average Bonchev–Trinajstić information content (AvgIpc) is 2.28. The second-order valence-corrected chi connectivity index (χ2v) is 3.07. The van der Waals surface area contributed by atoms with Crippen LogP contribution >= 0.6 is 0 Å². The van der Waals surface area contributed by atoms with Crippen molar-refractivity contribution in [2.45, 2.75) is 0 Å². The largest absolute Gasteiger partial charge is 0.497 e. The molecule has 0 fully saturated rings. The summed E-state index contributed by atoms with van der Waals surface area (Å²) in [7, 11) is 1.55. The predicted molar refractivity (Wildman–Crippen MR) is 55.8 cm³/mol. The van der Waals surface area contributed by atoms with Crippen molar-refractivity contribution in [2.75, 3.05) is 7.11 Å². The van der Waals surface area contributed by atoms with E-state index in [9.17, 15) is 4.79 Å². The van der Waals surface area contributed by atoms with Gasteiger partial charge in [0.05, 0.1) is 12.6 Å². The minimum atomic E-state index is -0.164. The first-order valence-electron chi connectivity index (χ1n) is 4.36. The third-order valence-corrected chi connectivity index (χ3v) is 2.16. The first-order chi connectivity index (χ1) is 7.24. The molecule has 0 aliphatic carbocycles. The van der Waals surface area contributed by atoms with Gasteiger partial charge >= 0.3 is 0 Å². The third-order valence-electron chi connectivity index (χ3n) is 2.16. The summed E-state index contributed by atoms with van der Waals surface area (Å²) >= 11 is 0. The van der Waals surface area contributed by atoms with Crippen LogP contribution in [0.1, 0.15) is 5.69 Å². The standard InChI is InChI=1S/C11H8N2O2/c1-15-8-2-3-9-10(5-8)13-7(6-12)4-11(9)14/h2-5H,1H3,(H,13,14). The Morgan fingerprint density at radius 2 is 2.20 bits per heavy atom. The second-order valence-electron chi connectivity index (χ2n) is 3.07. The van der Waals surface area contributed by atoms with E-state index in [0.717, 1.165) is 0 Å². The molecule has 4 nitrogen and oxygen atoms in total. The number of aromatic amines is 1. The topological polar surface area (TPSA) is 65.9 Å². The number of pyridine rings is 1. The van der Waals surface area contributed by atoms with Crippen LogP contribution in [0.25, 0.3) is 10.9 Å². The molecule has 0 radical (unpaired) electrons. The molecule has 1 heterocycles. The van der Waals surface area contributed by atoms with Gasteiger partial charge in [0.25, 0.3) is 0 Å². The van der Waals surface area contributed by atoms with Gasteiger partial charge < -0.3 is 9.72 Å². The number of aromatic nitrogens is 1. The van der Waals surface area contributed by atoms with E-state index in [2.05, 4.69) is 4.98 Å². The third kappa shape index (κ3) is 1.55. The molecule has 15 heavy (non-hydrogen) atoms. The molecule has 4 heteroatoms. The van der Waals surface area contributed by atoms with Crippen molar-refractivity contribution >= 4 is 10.9 Å². The molecule has 74 valence electrons. The van der Waals surface area contributed by atoms with Crippen LogP contribution in [-0.2, 0) is 0 Å². The van der Waals surface area contributed by atoms with Crippen LogP contribution in [0.15, 0.2) is 29.1 Å². The zero-order chi connectivity index (χ0) is 10.8. The highest BCUT2D eigenvalue weighted by atomic mass is 16.5. The molecule has 0 bridgehead atoms. The first-order valence-corrected chi connectivity index (χ1v) is 4.36. The van der Waals surface area contributed by atoms with E-state index < -0.39 is 0 Å². The van der Waals surface area contributed by atoms with E-state index in [1.165, 1.54) is 6.07 Å². The van der Waals surface area contributed by atoms with Crippen molar-refractivity contribution in [1.29, 1.82) is 5.26 Å². The van der Waals surface area contributed by atoms with Gasteiger partial charge in [-0.3, -0.25) is 4.79 Å². The molecule has 1 aromatic carbocycles. The number of rotatable bonds is 1. The van der Waals surface area contributed by atoms with Crippen LogP contribution in [-0.4, -0.2) is 12.1 Å². The highest BCUT2D eigenvalue weighted by Crippen LogP contribution is 2.16. The van der Waals surface area contributed by atoms with Crippen molar-refractivity contribution in [3.8, 4) is 11.8 Å². The van der Waals surface area contributed by atoms with Gasteiger partial charge in [0.1, 0.15) is 17.5 Å². The maximum Gasteiger partial charge on any atom is 0.190 e. The summed E-state index contributed by atoms with van der Waals surface area (Å²) in [5, 5.41) is 9.25. The molecule has 2 rings (SSSR count). The van der Waals surface area contributed by atoms with E-state index in [0.29, 0.717) is 16.7 Å². The van der Waals surface area contributed by atoms with E-state index in [-0.39, 0.29) is 11.1 Å². The number of nitriles is 1. The predicted octanol–water partition coefficient (Wildman–Crippen LogP) is 1.41. The molecule has 0 amide bonds. The number of benzene rings is 1. The van der Waals surface area contributed by atoms with Crippen LogP contribution in [0.5, 0.6) is 5.75 Å². The van der Waals surface area contributed by atoms with Gasteiger partial charge in [-0.25, -0.2) is 0 Å². The summed E-state index contributed by atoms with van der Waals surface area (Å²) < 4.78 is 5.03. The van der Waals surface area contributed by atoms with Crippen molar-refractivity contribution < 1.29 is 4.74 Å². The molecule has 2 aromatic rings. The summed E-state index contributed by atoms with van der Waals surface area (Å²) in [6, 6.07) is 8.27. The Hall–Kier alpha value is -2.28. The summed E-state index contributed by atoms with van der Waals surface area (Å²) in [4.78, 5) is 14.4. The lowest BCUT2D eigenvalue weighted by atomic mass is 10.2. The number of H-pyrrole nitrogens is 1. The Morgan fingerprint density at radius 1 is 1.40 bits per heavy atom. The summed E-state index contributed by atoms with van der Waals surface area (Å²) in [6.07, 6.45) is 0. The van der Waals surface area contributed by atoms with Gasteiger partial charge in [-0.15, -0.1) is 0 Å². The highest BCUT2D eigenvalue weighted by Gasteiger charge is 2.02. The van der Waals surface area contributed by atoms with Crippen molar-refractivity contribution in [2.24, 2.45) is 0 Å². The van der Waals surface area contributed by atoms with Gasteiger partial charge in [0.2, 0.25) is 0 Å². The van der Waals surface area contributed by atoms with Crippen molar-refractivity contribution in [3.05, 3.63) is 40.2 Å². The Morgan fingerprint density at radius 3 is 2.87 bits per heavy atom. The molecule has 0 atom stereocenters. The quantitative estimate of drug-likeness (QED) is 0.756. The minimum absolute atomic E-state index is 0.164. The van der Waals surface area contributed by atoms with Crippen LogP contribution in [0, 0.1) is 11.3 Å². The van der Waals surface area contributed by atoms with E-state index in [1.54, 1.807) is 25.3 Å². The van der Waals surface area contributed by atoms with E-state index >= 15 is 0 Å². The molecular formula is C11H8N2O2. The van der Waals surface area contributed by atoms with Gasteiger partial charge in [-0.05, 0) is 12.1 Å². The molecule has 0 unspecified atom stereocenters. The number of methoxy groups -OCH3 is 1. The smallest absolute Gasteiger partial charge is 0.190 e. The maximum atomic E-state index is 11.5. The monoisotopic (exact) mass is 200 g/mol. The van der Waals surface area contributed by atoms with Crippen molar-refractivity contribution in [1.82, 2.24) is 4.98 Å². The SMILES string of the molecule is COc1ccc2c(=O)cc(C#N)[nH]c2c1. The number of nitrogens with zero attached hydrogens (tertiary/aromatic N) is 1. The Balaban J connectivity index is 2.82. The molecule has 0 aliphatic rings. The lowest BCUT2D eigenvalue weighted by Gasteiger charge is -2.02. The summed E-state index contributed by atoms with van der Waals surface area (Å²) in [6.45, 7) is 0. The van der Waals surface area contributed by atoms with Gasteiger partial charge in [0.15, 0.2) is 5.43 Å². The maximum absolute atomic E-state index is 11.5. The number of hydrogen-bond donors (Lipinski definition) is 1. The van der Waals surface area contributed by atoms with Crippen LogP contribution in [0.2, 0.25) is 0 Å². The second kappa shape index (κ2) is 3.46. The highest BCUT2D eigenvalue weighted by molar-refractivity contribution is 5.80. The molecule has 0 aliphatic heterocycles. The number of nitrogens with one attached hydrogen (secondary N) is 1. The lowest BCUT2D eigenvalue weighted by molar-refractivity contribution is 0.415. The number of ether oxygens (including phenoxy) is 1. The van der Waals surface area contributed by atoms with Crippen LogP contribution in [0.4, 0.5) is 0 Å². The molecule has 1 aromatic heterocycles. The molecule has 1 N–H and O–H groups in total. The summed E-state index contributed by atoms with van der Waals surface area (Å²) in [5.74, 6) is 0.647. The van der Waals surface area contributed by atoms with Gasteiger partial charge in [-0.2, -0.15) is 5.26 Å². The van der Waals surface area contributed by atoms with Crippen molar-refractivity contribution in [3.63, 3.8) is 0 Å². The zero-order valence-corrected chi connectivity index (χ0v) is 8.07. The van der Waals surface area contributed by atoms with Gasteiger partial charge in [-0.1, -0.05) is 0 Å². The molecule has 0 saturated heterocycles. The molecular weight excluding hydrogens is 192 g/mol. The fraction of sp³-hybridized carbons (Fsp3) is 0.0909. The fourth-order valence-electron chi connectivity index (χ4n) is 1.42. The van der Waals surface area contributed by atoms with E-state index in [1.807, 2.05) is 6.07 Å². The number of hydrogen-bond acceptors (Lipinski definition) is 3. The minimum Gasteiger partial charge on any atom is -0.497 e. The van der Waals surface area contributed by atoms with Crippen LogP contribution in [0.3, 0.4) is 0 Å². The molecule has 0 saturated carbocycles. The molecule has 0 spiro atoms.